The molecular formula is C21H23N5O2S. The van der Waals surface area contributed by atoms with Crippen molar-refractivity contribution >= 4 is 33.0 Å². The van der Waals surface area contributed by atoms with Gasteiger partial charge in [-0.05, 0) is 56.2 Å². The molecule has 0 radical (unpaired) electrons. The first kappa shape index (κ1) is 19.2. The third-order valence-corrected chi connectivity index (χ3v) is 6.11. The number of hydrogen-bond donors (Lipinski definition) is 2. The summed E-state index contributed by atoms with van der Waals surface area (Å²) in [5.41, 5.74) is 1.31. The van der Waals surface area contributed by atoms with Crippen molar-refractivity contribution in [1.29, 1.82) is 0 Å². The molecule has 150 valence electrons. The Balaban J connectivity index is 1.47. The summed E-state index contributed by atoms with van der Waals surface area (Å²) in [4.78, 5) is 11.5. The lowest BCUT2D eigenvalue weighted by Crippen LogP contribution is -2.19. The average Bonchev–Trinajstić information content (AvgIpc) is 3.25. The second-order valence-corrected chi connectivity index (χ2v) is 8.66. The molecule has 1 fully saturated rings. The molecule has 29 heavy (non-hydrogen) atoms. The first-order valence-corrected chi connectivity index (χ1v) is 11.0. The molecule has 0 aliphatic carbocycles. The molecule has 7 nitrogen and oxygen atoms in total. The summed E-state index contributed by atoms with van der Waals surface area (Å²) >= 11 is 0. The molecule has 2 heterocycles. The van der Waals surface area contributed by atoms with Crippen molar-refractivity contribution in [2.24, 2.45) is 0 Å². The topological polar surface area (TPSA) is 87.2 Å². The van der Waals surface area contributed by atoms with Crippen LogP contribution in [0.1, 0.15) is 18.7 Å². The van der Waals surface area contributed by atoms with Crippen LogP contribution in [0.2, 0.25) is 0 Å². The number of rotatable bonds is 6. The molecule has 3 aromatic rings. The predicted molar refractivity (Wildman–Crippen MR) is 115 cm³/mol. The first-order valence-electron chi connectivity index (χ1n) is 9.55. The standard InChI is InChI=1S/C21H23N5O2S/c1-16-22-20(15-21(23-16)26-13-5-6-14-26)24-17-9-11-18(12-10-17)25-29(27,28)19-7-3-2-4-8-19/h2-4,7-12,15,25H,5-6,13-14H2,1H3,(H,22,23,24). The van der Waals surface area contributed by atoms with Crippen molar-refractivity contribution in [3.8, 4) is 0 Å². The Morgan fingerprint density at radius 2 is 1.55 bits per heavy atom. The molecular weight excluding hydrogens is 386 g/mol. The zero-order chi connectivity index (χ0) is 20.3. The van der Waals surface area contributed by atoms with Crippen molar-refractivity contribution in [2.45, 2.75) is 24.7 Å². The van der Waals surface area contributed by atoms with Crippen LogP contribution in [0.15, 0.2) is 65.6 Å². The minimum absolute atomic E-state index is 0.230. The zero-order valence-electron chi connectivity index (χ0n) is 16.2. The second kappa shape index (κ2) is 8.08. The van der Waals surface area contributed by atoms with Gasteiger partial charge >= 0.3 is 0 Å². The minimum atomic E-state index is -3.60. The number of benzene rings is 2. The van der Waals surface area contributed by atoms with Gasteiger partial charge in [-0.2, -0.15) is 0 Å². The van der Waals surface area contributed by atoms with Crippen molar-refractivity contribution < 1.29 is 8.42 Å². The summed E-state index contributed by atoms with van der Waals surface area (Å²) in [6.45, 7) is 3.92. The monoisotopic (exact) mass is 409 g/mol. The van der Waals surface area contributed by atoms with E-state index < -0.39 is 10.0 Å². The van der Waals surface area contributed by atoms with Gasteiger partial charge in [-0.3, -0.25) is 4.72 Å². The normalized spacial score (nSPS) is 14.0. The van der Waals surface area contributed by atoms with Gasteiger partial charge in [0.1, 0.15) is 17.5 Å². The van der Waals surface area contributed by atoms with Gasteiger partial charge in [-0.1, -0.05) is 18.2 Å². The molecule has 0 saturated carbocycles. The van der Waals surface area contributed by atoms with Gasteiger partial charge in [-0.25, -0.2) is 18.4 Å². The van der Waals surface area contributed by atoms with Crippen molar-refractivity contribution in [2.75, 3.05) is 28.0 Å². The van der Waals surface area contributed by atoms with Gasteiger partial charge < -0.3 is 10.2 Å². The van der Waals surface area contributed by atoms with E-state index in [1.807, 2.05) is 25.1 Å². The SMILES string of the molecule is Cc1nc(Nc2ccc(NS(=O)(=O)c3ccccc3)cc2)cc(N2CCCC2)n1. The Morgan fingerprint density at radius 1 is 0.897 bits per heavy atom. The van der Waals surface area contributed by atoms with E-state index in [9.17, 15) is 8.42 Å². The molecule has 0 unspecified atom stereocenters. The number of nitrogens with one attached hydrogen (secondary N) is 2. The smallest absolute Gasteiger partial charge is 0.261 e. The Labute approximate surface area is 170 Å². The maximum Gasteiger partial charge on any atom is 0.261 e. The van der Waals surface area contributed by atoms with Crippen molar-refractivity contribution in [1.82, 2.24) is 9.97 Å². The predicted octanol–water partition coefficient (Wildman–Crippen LogP) is 3.93. The Bertz CT molecular complexity index is 1080. The number of aromatic nitrogens is 2. The number of sulfonamides is 1. The van der Waals surface area contributed by atoms with Gasteiger partial charge in [0.2, 0.25) is 0 Å². The first-order chi connectivity index (χ1) is 14.0. The van der Waals surface area contributed by atoms with E-state index in [4.69, 9.17) is 0 Å². The molecule has 4 rings (SSSR count). The van der Waals surface area contributed by atoms with E-state index in [0.29, 0.717) is 11.5 Å². The molecule has 1 aromatic heterocycles. The Morgan fingerprint density at radius 3 is 2.24 bits per heavy atom. The summed E-state index contributed by atoms with van der Waals surface area (Å²) in [6.07, 6.45) is 2.37. The Kier molecular flexibility index (Phi) is 5.35. The van der Waals surface area contributed by atoms with Gasteiger partial charge in [0.25, 0.3) is 10.0 Å². The molecule has 1 saturated heterocycles. The van der Waals surface area contributed by atoms with Crippen LogP contribution in [0.5, 0.6) is 0 Å². The zero-order valence-corrected chi connectivity index (χ0v) is 17.0. The third-order valence-electron chi connectivity index (χ3n) is 4.72. The van der Waals surface area contributed by atoms with Crippen molar-refractivity contribution in [3.63, 3.8) is 0 Å². The van der Waals surface area contributed by atoms with Gasteiger partial charge in [0.15, 0.2) is 0 Å². The molecule has 1 aliphatic heterocycles. The van der Waals surface area contributed by atoms with Crippen LogP contribution in [0.4, 0.5) is 23.0 Å². The lowest BCUT2D eigenvalue weighted by Gasteiger charge is -2.18. The maximum absolute atomic E-state index is 12.4. The molecule has 0 atom stereocenters. The van der Waals surface area contributed by atoms with Crippen LogP contribution >= 0.6 is 0 Å². The van der Waals surface area contributed by atoms with E-state index >= 15 is 0 Å². The third kappa shape index (κ3) is 4.65. The molecule has 0 spiro atoms. The fraction of sp³-hybridized carbons (Fsp3) is 0.238. The molecule has 1 aliphatic rings. The Hall–Kier alpha value is -3.13. The van der Waals surface area contributed by atoms with Gasteiger partial charge in [0, 0.05) is 30.5 Å². The number of hydrogen-bond acceptors (Lipinski definition) is 6. The lowest BCUT2D eigenvalue weighted by molar-refractivity contribution is 0.601. The molecule has 0 bridgehead atoms. The van der Waals surface area contributed by atoms with E-state index in [-0.39, 0.29) is 4.90 Å². The summed E-state index contributed by atoms with van der Waals surface area (Å²) in [7, 11) is -3.60. The highest BCUT2D eigenvalue weighted by atomic mass is 32.2. The average molecular weight is 410 g/mol. The van der Waals surface area contributed by atoms with E-state index in [2.05, 4.69) is 24.9 Å². The summed E-state index contributed by atoms with van der Waals surface area (Å²) in [5, 5.41) is 3.28. The number of anilines is 4. The molecule has 2 aromatic carbocycles. The molecule has 2 N–H and O–H groups in total. The highest BCUT2D eigenvalue weighted by molar-refractivity contribution is 7.92. The quantitative estimate of drug-likeness (QED) is 0.641. The largest absolute Gasteiger partial charge is 0.356 e. The van der Waals surface area contributed by atoms with Gasteiger partial charge in [-0.15, -0.1) is 0 Å². The summed E-state index contributed by atoms with van der Waals surface area (Å²) in [5.74, 6) is 2.37. The molecule has 0 amide bonds. The van der Waals surface area contributed by atoms with Crippen LogP contribution < -0.4 is 14.9 Å². The summed E-state index contributed by atoms with van der Waals surface area (Å²) < 4.78 is 27.5. The van der Waals surface area contributed by atoms with E-state index in [1.165, 1.54) is 12.8 Å². The number of nitrogens with zero attached hydrogens (tertiary/aromatic N) is 3. The summed E-state index contributed by atoms with van der Waals surface area (Å²) in [6, 6.07) is 17.3. The van der Waals surface area contributed by atoms with Crippen LogP contribution in [-0.4, -0.2) is 31.5 Å². The van der Waals surface area contributed by atoms with E-state index in [0.717, 1.165) is 30.4 Å². The van der Waals surface area contributed by atoms with Crippen LogP contribution in [0.25, 0.3) is 0 Å². The van der Waals surface area contributed by atoms with Gasteiger partial charge in [0.05, 0.1) is 4.90 Å². The van der Waals surface area contributed by atoms with Crippen LogP contribution in [-0.2, 0) is 10.0 Å². The lowest BCUT2D eigenvalue weighted by atomic mass is 10.3. The fourth-order valence-corrected chi connectivity index (χ4v) is 4.39. The minimum Gasteiger partial charge on any atom is -0.356 e. The molecule has 8 heteroatoms. The van der Waals surface area contributed by atoms with E-state index in [1.54, 1.807) is 42.5 Å². The second-order valence-electron chi connectivity index (χ2n) is 6.97. The maximum atomic E-state index is 12.4. The van der Waals surface area contributed by atoms with Crippen LogP contribution in [0, 0.1) is 6.92 Å². The highest BCUT2D eigenvalue weighted by Gasteiger charge is 2.16. The fourth-order valence-electron chi connectivity index (χ4n) is 3.31. The highest BCUT2D eigenvalue weighted by Crippen LogP contribution is 2.24. The number of aryl methyl sites for hydroxylation is 1. The van der Waals surface area contributed by atoms with Crippen LogP contribution in [0.3, 0.4) is 0 Å². The van der Waals surface area contributed by atoms with Crippen molar-refractivity contribution in [3.05, 3.63) is 66.5 Å².